The average molecular weight is 445 g/mol. The molecule has 30 heavy (non-hydrogen) atoms. The highest BCUT2D eigenvalue weighted by Crippen LogP contribution is 2.34. The highest BCUT2D eigenvalue weighted by molar-refractivity contribution is 7.09. The quantitative estimate of drug-likeness (QED) is 0.357. The van der Waals surface area contributed by atoms with Gasteiger partial charge in [-0.3, -0.25) is 0 Å². The Morgan fingerprint density at radius 3 is 1.77 bits per heavy atom. The van der Waals surface area contributed by atoms with Crippen LogP contribution in [-0.2, 0) is 4.52 Å². The molecule has 0 spiro atoms. The van der Waals surface area contributed by atoms with E-state index in [9.17, 15) is 0 Å². The highest BCUT2D eigenvalue weighted by Gasteiger charge is 2.17. The summed E-state index contributed by atoms with van der Waals surface area (Å²) in [5.41, 5.74) is 4.42. The van der Waals surface area contributed by atoms with Crippen LogP contribution in [0.3, 0.4) is 0 Å². The second-order valence-electron chi connectivity index (χ2n) is 6.79. The minimum atomic E-state index is -0.205. The molecular weight excluding hydrogens is 415 g/mol. The first-order valence-corrected chi connectivity index (χ1v) is 10.9. The van der Waals surface area contributed by atoms with Crippen molar-refractivity contribution in [1.82, 2.24) is 0 Å². The number of hydrogen-bond donors (Lipinski definition) is 0. The molecule has 2 unspecified atom stereocenters. The summed E-state index contributed by atoms with van der Waals surface area (Å²) in [5.74, 6) is 1.81. The van der Waals surface area contributed by atoms with Crippen LogP contribution >= 0.6 is 21.1 Å². The summed E-state index contributed by atoms with van der Waals surface area (Å²) in [6.45, 7) is 9.46. The zero-order valence-electron chi connectivity index (χ0n) is 18.0. The largest absolute Gasteiger partial charge is 0.494 e. The summed E-state index contributed by atoms with van der Waals surface area (Å²) in [5, 5.41) is 0.705. The van der Waals surface area contributed by atoms with Crippen molar-refractivity contribution in [3.63, 3.8) is 0 Å². The van der Waals surface area contributed by atoms with Gasteiger partial charge in [0.05, 0.1) is 13.2 Å². The first kappa shape index (κ1) is 24.2. The summed E-state index contributed by atoms with van der Waals surface area (Å²) < 4.78 is 16.3. The van der Waals surface area contributed by atoms with E-state index in [2.05, 4.69) is 16.4 Å². The third-order valence-electron chi connectivity index (χ3n) is 4.40. The van der Waals surface area contributed by atoms with Crippen molar-refractivity contribution >= 4 is 21.1 Å². The van der Waals surface area contributed by atoms with Gasteiger partial charge >= 0.3 is 0 Å². The topological polar surface area (TPSA) is 27.7 Å². The molecule has 3 aromatic rings. The van der Waals surface area contributed by atoms with Gasteiger partial charge in [0.2, 0.25) is 0 Å². The van der Waals surface area contributed by atoms with Crippen LogP contribution in [0.4, 0.5) is 0 Å². The summed E-state index contributed by atoms with van der Waals surface area (Å²) in [4.78, 5) is 0. The Bertz CT molecular complexity index is 895. The fourth-order valence-electron chi connectivity index (χ4n) is 2.90. The van der Waals surface area contributed by atoms with Crippen molar-refractivity contribution in [2.24, 2.45) is 0 Å². The molecule has 0 saturated heterocycles. The fourth-order valence-corrected chi connectivity index (χ4v) is 3.42. The van der Waals surface area contributed by atoms with Crippen LogP contribution in [0.1, 0.15) is 42.2 Å². The van der Waals surface area contributed by atoms with Crippen LogP contribution in [0.15, 0.2) is 66.7 Å². The smallest absolute Gasteiger partial charge is 0.119 e. The number of aryl methyl sites for hydroxylation is 2. The first-order valence-electron chi connectivity index (χ1n) is 10.0. The third kappa shape index (κ3) is 7.32. The van der Waals surface area contributed by atoms with Gasteiger partial charge in [0.1, 0.15) is 17.6 Å². The van der Waals surface area contributed by atoms with Gasteiger partial charge in [0.15, 0.2) is 0 Å². The molecule has 2 atom stereocenters. The number of benzene rings is 3. The van der Waals surface area contributed by atoms with Crippen molar-refractivity contribution in [3.8, 4) is 11.5 Å². The van der Waals surface area contributed by atoms with E-state index < -0.39 is 0 Å². The molecule has 0 saturated carbocycles. The molecule has 0 fully saturated rings. The van der Waals surface area contributed by atoms with Crippen molar-refractivity contribution in [2.45, 2.75) is 33.8 Å². The molecule has 0 aromatic heterocycles. The van der Waals surface area contributed by atoms with Crippen LogP contribution in [0.5, 0.6) is 11.5 Å². The SMILES string of the molecule is CCOc1ccc(C(OP)c2cc(C)ccc2Cl)cc1.CCOc1ccc(C)cc1. The van der Waals surface area contributed by atoms with E-state index in [0.717, 1.165) is 34.8 Å². The lowest BCUT2D eigenvalue weighted by Crippen LogP contribution is -2.02. The van der Waals surface area contributed by atoms with Crippen molar-refractivity contribution < 1.29 is 14.0 Å². The maximum Gasteiger partial charge on any atom is 0.119 e. The molecule has 0 amide bonds. The Balaban J connectivity index is 0.000000269. The van der Waals surface area contributed by atoms with Gasteiger partial charge in [0, 0.05) is 20.1 Å². The molecule has 0 aliphatic heterocycles. The van der Waals surface area contributed by atoms with E-state index in [0.29, 0.717) is 11.6 Å². The zero-order valence-corrected chi connectivity index (χ0v) is 19.9. The van der Waals surface area contributed by atoms with Gasteiger partial charge in [-0.15, -0.1) is 0 Å². The number of halogens is 1. The van der Waals surface area contributed by atoms with Crippen molar-refractivity contribution in [2.75, 3.05) is 13.2 Å². The second kappa shape index (κ2) is 12.6. The summed E-state index contributed by atoms with van der Waals surface area (Å²) in [6.07, 6.45) is -0.205. The standard InChI is InChI=1S/C16H18ClO2P.C9H12O/c1-3-18-13-7-5-12(6-8-13)16(19-20)14-10-11(2)4-9-15(14)17;1-3-10-9-6-4-8(2)5-7-9/h4-10,16H,3,20H2,1-2H3;4-7H,3H2,1-2H3. The van der Waals surface area contributed by atoms with Crippen molar-refractivity contribution in [1.29, 1.82) is 0 Å². The number of hydrogen-bond acceptors (Lipinski definition) is 3. The van der Waals surface area contributed by atoms with Gasteiger partial charge < -0.3 is 14.0 Å². The van der Waals surface area contributed by atoms with Crippen molar-refractivity contribution in [3.05, 3.63) is 94.0 Å². The van der Waals surface area contributed by atoms with Crippen LogP contribution in [-0.4, -0.2) is 13.2 Å². The predicted octanol–water partition coefficient (Wildman–Crippen LogP) is 7.34. The van der Waals surface area contributed by atoms with E-state index in [1.54, 1.807) is 0 Å². The highest BCUT2D eigenvalue weighted by atomic mass is 35.5. The van der Waals surface area contributed by atoms with E-state index >= 15 is 0 Å². The van der Waals surface area contributed by atoms with Gasteiger partial charge in [-0.2, -0.15) is 0 Å². The monoisotopic (exact) mass is 444 g/mol. The number of ether oxygens (including phenoxy) is 2. The van der Waals surface area contributed by atoms with E-state index in [1.807, 2.05) is 87.5 Å². The minimum absolute atomic E-state index is 0.205. The predicted molar refractivity (Wildman–Crippen MR) is 129 cm³/mol. The molecule has 0 aliphatic rings. The average Bonchev–Trinajstić information content (AvgIpc) is 2.75. The molecule has 160 valence electrons. The lowest BCUT2D eigenvalue weighted by Gasteiger charge is -2.18. The van der Waals surface area contributed by atoms with Crippen LogP contribution in [0.25, 0.3) is 0 Å². The van der Waals surface area contributed by atoms with Gasteiger partial charge in [-0.25, -0.2) is 0 Å². The molecular formula is C25H30ClO3P. The molecule has 0 heterocycles. The first-order chi connectivity index (χ1) is 14.5. The second-order valence-corrected chi connectivity index (χ2v) is 7.47. The molecule has 0 aliphatic carbocycles. The summed E-state index contributed by atoms with van der Waals surface area (Å²) >= 11 is 6.29. The Kier molecular flexibility index (Phi) is 10.2. The molecule has 5 heteroatoms. The zero-order chi connectivity index (χ0) is 21.9. The lowest BCUT2D eigenvalue weighted by molar-refractivity contribution is 0.293. The maximum absolute atomic E-state index is 6.29. The Hall–Kier alpha value is -2.06. The maximum atomic E-state index is 6.29. The van der Waals surface area contributed by atoms with Crippen LogP contribution in [0, 0.1) is 13.8 Å². The van der Waals surface area contributed by atoms with E-state index in [4.69, 9.17) is 25.6 Å². The molecule has 0 N–H and O–H groups in total. The molecule has 0 bridgehead atoms. The Morgan fingerprint density at radius 1 is 0.767 bits per heavy atom. The van der Waals surface area contributed by atoms with Gasteiger partial charge in [-0.05, 0) is 63.6 Å². The molecule has 3 rings (SSSR count). The lowest BCUT2D eigenvalue weighted by atomic mass is 10.00. The van der Waals surface area contributed by atoms with Crippen LogP contribution in [0.2, 0.25) is 5.02 Å². The Morgan fingerprint density at radius 2 is 1.27 bits per heavy atom. The summed E-state index contributed by atoms with van der Waals surface area (Å²) in [7, 11) is 2.32. The summed E-state index contributed by atoms with van der Waals surface area (Å²) in [6, 6.07) is 21.9. The fraction of sp³-hybridized carbons (Fsp3) is 0.280. The molecule has 3 nitrogen and oxygen atoms in total. The Labute approximate surface area is 187 Å². The van der Waals surface area contributed by atoms with E-state index in [-0.39, 0.29) is 6.10 Å². The van der Waals surface area contributed by atoms with Gasteiger partial charge in [0.25, 0.3) is 0 Å². The molecule has 0 radical (unpaired) electrons. The van der Waals surface area contributed by atoms with E-state index in [1.165, 1.54) is 5.56 Å². The van der Waals surface area contributed by atoms with Gasteiger partial charge in [-0.1, -0.05) is 59.1 Å². The molecule has 3 aromatic carbocycles. The minimum Gasteiger partial charge on any atom is -0.494 e. The third-order valence-corrected chi connectivity index (χ3v) is 5.01. The number of rotatable bonds is 7. The van der Waals surface area contributed by atoms with Crippen LogP contribution < -0.4 is 9.47 Å². The normalized spacial score (nSPS) is 11.3.